The van der Waals surface area contributed by atoms with Crippen molar-refractivity contribution in [2.75, 3.05) is 14.2 Å². The lowest BCUT2D eigenvalue weighted by molar-refractivity contribution is -0.148. The number of hydrogen-bond donors (Lipinski definition) is 2. The van der Waals surface area contributed by atoms with E-state index in [0.717, 1.165) is 11.1 Å². The number of benzene rings is 2. The van der Waals surface area contributed by atoms with Gasteiger partial charge in [0.2, 0.25) is 5.91 Å². The van der Waals surface area contributed by atoms with Gasteiger partial charge in [0, 0.05) is 6.42 Å². The van der Waals surface area contributed by atoms with Crippen molar-refractivity contribution in [3.63, 3.8) is 0 Å². The van der Waals surface area contributed by atoms with Crippen molar-refractivity contribution in [3.05, 3.63) is 71.8 Å². The molecule has 2 rings (SSSR count). The predicted octanol–water partition coefficient (Wildman–Crippen LogP) is 2.38. The highest BCUT2D eigenvalue weighted by atomic mass is 16.5. The number of hydrogen-bond acceptors (Lipinski definition) is 7. The molecule has 2 amide bonds. The maximum absolute atomic E-state index is 13.1. The van der Waals surface area contributed by atoms with E-state index in [1.807, 2.05) is 60.7 Å². The van der Waals surface area contributed by atoms with Crippen LogP contribution in [0.15, 0.2) is 60.7 Å². The Bertz CT molecular complexity index is 950. The minimum absolute atomic E-state index is 0.0350. The molecule has 0 unspecified atom stereocenters. The highest BCUT2D eigenvalue weighted by molar-refractivity contribution is 5.90. The summed E-state index contributed by atoms with van der Waals surface area (Å²) in [7, 11) is 2.43. The third kappa shape index (κ3) is 8.57. The molecule has 0 aliphatic carbocycles. The molecule has 0 heterocycles. The standard InChI is InChI=1S/C25H30N2O7/c1-17(14-21(28)32-2)22(24(30)33-3)27-23(29)20(15-18-10-6-4-7-11-18)26-25(31)34-16-19-12-8-5-9-13-19/h4-13,17,20,22H,14-16H2,1-3H3,(H,26,31)(H,27,29)/t17-,20+,22+/m0/s1. The molecule has 9 nitrogen and oxygen atoms in total. The molecule has 0 spiro atoms. The summed E-state index contributed by atoms with van der Waals surface area (Å²) in [5.74, 6) is -2.46. The molecule has 0 aliphatic rings. The molecule has 0 aromatic heterocycles. The normalized spacial score (nSPS) is 13.0. The van der Waals surface area contributed by atoms with Gasteiger partial charge >= 0.3 is 18.0 Å². The van der Waals surface area contributed by atoms with Crippen LogP contribution >= 0.6 is 0 Å². The van der Waals surface area contributed by atoms with E-state index in [0.29, 0.717) is 0 Å². The molecule has 3 atom stereocenters. The fourth-order valence-corrected chi connectivity index (χ4v) is 3.24. The monoisotopic (exact) mass is 470 g/mol. The lowest BCUT2D eigenvalue weighted by atomic mass is 9.97. The molecule has 0 radical (unpaired) electrons. The van der Waals surface area contributed by atoms with E-state index in [-0.39, 0.29) is 19.4 Å². The van der Waals surface area contributed by atoms with Crippen molar-refractivity contribution >= 4 is 23.9 Å². The summed E-state index contributed by atoms with van der Waals surface area (Å²) >= 11 is 0. The average molecular weight is 471 g/mol. The van der Waals surface area contributed by atoms with Crippen LogP contribution in [0.5, 0.6) is 0 Å². The number of alkyl carbamates (subject to hydrolysis) is 1. The minimum atomic E-state index is -1.11. The van der Waals surface area contributed by atoms with Crippen LogP contribution in [0.1, 0.15) is 24.5 Å². The highest BCUT2D eigenvalue weighted by Gasteiger charge is 2.32. The number of ether oxygens (including phenoxy) is 3. The second kappa shape index (κ2) is 13.6. The zero-order valence-electron chi connectivity index (χ0n) is 19.5. The molecular formula is C25H30N2O7. The first-order chi connectivity index (χ1) is 16.3. The maximum Gasteiger partial charge on any atom is 0.408 e. The summed E-state index contributed by atoms with van der Waals surface area (Å²) in [4.78, 5) is 49.6. The van der Waals surface area contributed by atoms with Crippen LogP contribution in [0.25, 0.3) is 0 Å². The molecule has 0 bridgehead atoms. The van der Waals surface area contributed by atoms with E-state index in [1.165, 1.54) is 14.2 Å². The zero-order valence-corrected chi connectivity index (χ0v) is 19.5. The third-order valence-corrected chi connectivity index (χ3v) is 5.14. The molecular weight excluding hydrogens is 440 g/mol. The Kier molecular flexibility index (Phi) is 10.6. The van der Waals surface area contributed by atoms with Gasteiger partial charge in [-0.1, -0.05) is 67.6 Å². The van der Waals surface area contributed by atoms with Crippen molar-refractivity contribution in [2.45, 2.75) is 38.5 Å². The molecule has 34 heavy (non-hydrogen) atoms. The van der Waals surface area contributed by atoms with Crippen LogP contribution < -0.4 is 10.6 Å². The zero-order chi connectivity index (χ0) is 24.9. The fourth-order valence-electron chi connectivity index (χ4n) is 3.24. The summed E-state index contributed by atoms with van der Waals surface area (Å²) in [5, 5.41) is 5.18. The number of nitrogens with one attached hydrogen (secondary N) is 2. The first-order valence-electron chi connectivity index (χ1n) is 10.8. The average Bonchev–Trinajstić information content (AvgIpc) is 2.86. The molecule has 9 heteroatoms. The predicted molar refractivity (Wildman–Crippen MR) is 123 cm³/mol. The van der Waals surface area contributed by atoms with Crippen LogP contribution in [0.4, 0.5) is 4.79 Å². The van der Waals surface area contributed by atoms with Gasteiger partial charge in [0.1, 0.15) is 18.7 Å². The summed E-state index contributed by atoms with van der Waals surface area (Å²) in [5.41, 5.74) is 1.59. The van der Waals surface area contributed by atoms with Crippen LogP contribution in [0.2, 0.25) is 0 Å². The van der Waals surface area contributed by atoms with E-state index in [4.69, 9.17) is 9.47 Å². The molecule has 0 saturated carbocycles. The van der Waals surface area contributed by atoms with Gasteiger partial charge in [0.05, 0.1) is 20.6 Å². The van der Waals surface area contributed by atoms with Crippen LogP contribution in [-0.2, 0) is 41.6 Å². The van der Waals surface area contributed by atoms with Gasteiger partial charge < -0.3 is 24.8 Å². The SMILES string of the molecule is COC(=O)C[C@H](C)[C@@H](NC(=O)[C@@H](Cc1ccccc1)NC(=O)OCc1ccccc1)C(=O)OC. The molecule has 0 fully saturated rings. The van der Waals surface area contributed by atoms with E-state index < -0.39 is 41.9 Å². The Balaban J connectivity index is 2.13. The first-order valence-corrected chi connectivity index (χ1v) is 10.8. The Morgan fingerprint density at radius 3 is 1.97 bits per heavy atom. The van der Waals surface area contributed by atoms with Gasteiger partial charge in [-0.25, -0.2) is 9.59 Å². The van der Waals surface area contributed by atoms with Gasteiger partial charge in [-0.2, -0.15) is 0 Å². The highest BCUT2D eigenvalue weighted by Crippen LogP contribution is 2.13. The fraction of sp³-hybridized carbons (Fsp3) is 0.360. The van der Waals surface area contributed by atoms with Crippen molar-refractivity contribution in [3.8, 4) is 0 Å². The minimum Gasteiger partial charge on any atom is -0.469 e. The first kappa shape index (κ1) is 26.4. The van der Waals surface area contributed by atoms with Crippen LogP contribution in [0.3, 0.4) is 0 Å². The Morgan fingerprint density at radius 2 is 1.41 bits per heavy atom. The largest absolute Gasteiger partial charge is 0.469 e. The lowest BCUT2D eigenvalue weighted by Crippen LogP contribution is -2.54. The van der Waals surface area contributed by atoms with Gasteiger partial charge in [-0.15, -0.1) is 0 Å². The second-order valence-corrected chi connectivity index (χ2v) is 7.72. The van der Waals surface area contributed by atoms with E-state index in [1.54, 1.807) is 6.92 Å². The quantitative estimate of drug-likeness (QED) is 0.382. The molecule has 2 N–H and O–H groups in total. The molecule has 0 aliphatic heterocycles. The van der Waals surface area contributed by atoms with E-state index >= 15 is 0 Å². The van der Waals surface area contributed by atoms with Crippen LogP contribution in [0, 0.1) is 5.92 Å². The van der Waals surface area contributed by atoms with Crippen molar-refractivity contribution in [1.29, 1.82) is 0 Å². The summed E-state index contributed by atoms with van der Waals surface area (Å²) < 4.78 is 14.7. The number of esters is 2. The lowest BCUT2D eigenvalue weighted by Gasteiger charge is -2.25. The van der Waals surface area contributed by atoms with Crippen molar-refractivity contribution < 1.29 is 33.4 Å². The van der Waals surface area contributed by atoms with Gasteiger partial charge in [0.25, 0.3) is 0 Å². The topological polar surface area (TPSA) is 120 Å². The third-order valence-electron chi connectivity index (χ3n) is 5.14. The number of methoxy groups -OCH3 is 2. The van der Waals surface area contributed by atoms with E-state index in [9.17, 15) is 19.2 Å². The van der Waals surface area contributed by atoms with Gasteiger partial charge in [-0.05, 0) is 17.0 Å². The summed E-state index contributed by atoms with van der Waals surface area (Å²) in [6.45, 7) is 1.65. The van der Waals surface area contributed by atoms with E-state index in [2.05, 4.69) is 15.4 Å². The van der Waals surface area contributed by atoms with Gasteiger partial charge in [0.15, 0.2) is 0 Å². The molecule has 2 aromatic rings. The summed E-state index contributed by atoms with van der Waals surface area (Å²) in [6.07, 6.45) is -0.726. The number of carbonyl (C=O) groups is 4. The molecule has 182 valence electrons. The second-order valence-electron chi connectivity index (χ2n) is 7.72. The maximum atomic E-state index is 13.1. The smallest absolute Gasteiger partial charge is 0.408 e. The molecule has 2 aromatic carbocycles. The van der Waals surface area contributed by atoms with Crippen LogP contribution in [-0.4, -0.2) is 50.2 Å². The summed E-state index contributed by atoms with van der Waals surface area (Å²) in [6, 6.07) is 16.1. The van der Waals surface area contributed by atoms with Crippen molar-refractivity contribution in [2.24, 2.45) is 5.92 Å². The number of amides is 2. The van der Waals surface area contributed by atoms with Gasteiger partial charge in [-0.3, -0.25) is 9.59 Å². The Hall–Kier alpha value is -3.88. The van der Waals surface area contributed by atoms with Crippen molar-refractivity contribution in [1.82, 2.24) is 10.6 Å². The Labute approximate surface area is 198 Å². The number of rotatable bonds is 11. The molecule has 0 saturated heterocycles. The Morgan fingerprint density at radius 1 is 0.824 bits per heavy atom. The number of carbonyl (C=O) groups excluding carboxylic acids is 4.